The standard InChI is InChI=1S/C18H17Br2ClN4/c19-13-4-3-11(8-14(13)20)9-25-7-1-2-12(10-25)17-22-15-5-6-16(21)23-18(15)24-17/h3-6,8,12H,1-2,7,9-10H2,(H,22,23,24)/t12-/m0/s1. The number of nitrogens with zero attached hydrogens (tertiary/aromatic N) is 3. The smallest absolute Gasteiger partial charge is 0.179 e. The van der Waals surface area contributed by atoms with Crippen molar-refractivity contribution in [3.8, 4) is 0 Å². The molecule has 1 aliphatic rings. The molecule has 4 nitrogen and oxygen atoms in total. The van der Waals surface area contributed by atoms with Gasteiger partial charge in [0.05, 0.1) is 5.52 Å². The van der Waals surface area contributed by atoms with Crippen LogP contribution in [0.25, 0.3) is 11.2 Å². The van der Waals surface area contributed by atoms with Crippen LogP contribution in [0.4, 0.5) is 0 Å². The van der Waals surface area contributed by atoms with Gasteiger partial charge in [0.1, 0.15) is 11.0 Å². The van der Waals surface area contributed by atoms with Crippen molar-refractivity contribution >= 4 is 54.6 Å². The van der Waals surface area contributed by atoms with Crippen LogP contribution in [-0.2, 0) is 6.54 Å². The van der Waals surface area contributed by atoms with Crippen molar-refractivity contribution in [1.82, 2.24) is 19.9 Å². The minimum absolute atomic E-state index is 0.403. The normalized spacial score (nSPS) is 18.8. The van der Waals surface area contributed by atoms with Gasteiger partial charge in [0.25, 0.3) is 0 Å². The van der Waals surface area contributed by atoms with Crippen molar-refractivity contribution in [2.24, 2.45) is 0 Å². The summed E-state index contributed by atoms with van der Waals surface area (Å²) in [6.45, 7) is 3.07. The van der Waals surface area contributed by atoms with Crippen LogP contribution in [0.3, 0.4) is 0 Å². The molecule has 2 aromatic heterocycles. The van der Waals surface area contributed by atoms with Crippen molar-refractivity contribution in [2.45, 2.75) is 25.3 Å². The predicted octanol–water partition coefficient (Wildman–Crippen LogP) is 5.52. The van der Waals surface area contributed by atoms with Crippen LogP contribution in [0.5, 0.6) is 0 Å². The molecule has 130 valence electrons. The minimum atomic E-state index is 0.403. The van der Waals surface area contributed by atoms with Crippen molar-refractivity contribution in [3.63, 3.8) is 0 Å². The van der Waals surface area contributed by atoms with Gasteiger partial charge in [-0.25, -0.2) is 9.97 Å². The number of H-pyrrole nitrogens is 1. The van der Waals surface area contributed by atoms with Gasteiger partial charge in [-0.15, -0.1) is 0 Å². The van der Waals surface area contributed by atoms with Gasteiger partial charge in [-0.3, -0.25) is 4.90 Å². The second-order valence-electron chi connectivity index (χ2n) is 6.45. The number of halogens is 3. The zero-order chi connectivity index (χ0) is 17.4. The molecule has 1 N–H and O–H groups in total. The van der Waals surface area contributed by atoms with Gasteiger partial charge < -0.3 is 4.98 Å². The van der Waals surface area contributed by atoms with Crippen LogP contribution in [0.1, 0.15) is 30.1 Å². The number of aromatic amines is 1. The molecule has 1 aliphatic heterocycles. The van der Waals surface area contributed by atoms with Gasteiger partial charge in [0.15, 0.2) is 5.65 Å². The van der Waals surface area contributed by atoms with E-state index in [1.54, 1.807) is 6.07 Å². The highest BCUT2D eigenvalue weighted by molar-refractivity contribution is 9.13. The molecule has 0 amide bonds. The van der Waals surface area contributed by atoms with E-state index in [1.807, 2.05) is 6.07 Å². The Balaban J connectivity index is 1.50. The van der Waals surface area contributed by atoms with E-state index in [1.165, 1.54) is 12.0 Å². The first-order valence-corrected chi connectivity index (χ1v) is 10.2. The largest absolute Gasteiger partial charge is 0.340 e. The maximum atomic E-state index is 5.97. The lowest BCUT2D eigenvalue weighted by Crippen LogP contribution is -2.34. The summed E-state index contributed by atoms with van der Waals surface area (Å²) < 4.78 is 2.18. The molecule has 1 atom stereocenters. The van der Waals surface area contributed by atoms with Crippen LogP contribution in [0.15, 0.2) is 39.3 Å². The first kappa shape index (κ1) is 17.5. The Morgan fingerprint density at radius 1 is 1.16 bits per heavy atom. The second-order valence-corrected chi connectivity index (χ2v) is 8.55. The first-order chi connectivity index (χ1) is 12.1. The van der Waals surface area contributed by atoms with Gasteiger partial charge in [0.2, 0.25) is 0 Å². The fourth-order valence-electron chi connectivity index (χ4n) is 3.40. The number of hydrogen-bond acceptors (Lipinski definition) is 3. The quantitative estimate of drug-likeness (QED) is 0.498. The lowest BCUT2D eigenvalue weighted by atomic mass is 9.97. The fourth-order valence-corrected chi connectivity index (χ4v) is 4.22. The summed E-state index contributed by atoms with van der Waals surface area (Å²) in [5.41, 5.74) is 2.97. The molecule has 0 aliphatic carbocycles. The van der Waals surface area contributed by atoms with Crippen LogP contribution in [0, 0.1) is 0 Å². The molecule has 3 heterocycles. The lowest BCUT2D eigenvalue weighted by Gasteiger charge is -2.31. The average Bonchev–Trinajstić information content (AvgIpc) is 3.02. The zero-order valence-corrected chi connectivity index (χ0v) is 17.4. The molecular weight excluding hydrogens is 467 g/mol. The first-order valence-electron chi connectivity index (χ1n) is 8.27. The molecule has 0 spiro atoms. The highest BCUT2D eigenvalue weighted by Crippen LogP contribution is 2.29. The van der Waals surface area contributed by atoms with E-state index in [0.29, 0.717) is 16.7 Å². The molecule has 1 fully saturated rings. The molecule has 0 bridgehead atoms. The van der Waals surface area contributed by atoms with Crippen molar-refractivity contribution in [2.75, 3.05) is 13.1 Å². The number of benzene rings is 1. The Bertz CT molecular complexity index is 911. The summed E-state index contributed by atoms with van der Waals surface area (Å²) >= 11 is 13.1. The van der Waals surface area contributed by atoms with E-state index in [-0.39, 0.29) is 0 Å². The topological polar surface area (TPSA) is 44.8 Å². The van der Waals surface area contributed by atoms with Gasteiger partial charge in [-0.2, -0.15) is 0 Å². The Morgan fingerprint density at radius 2 is 2.04 bits per heavy atom. The average molecular weight is 485 g/mol. The third-order valence-electron chi connectivity index (χ3n) is 4.61. The van der Waals surface area contributed by atoms with Crippen molar-refractivity contribution < 1.29 is 0 Å². The maximum absolute atomic E-state index is 5.97. The molecule has 1 saturated heterocycles. The molecule has 1 aromatic carbocycles. The molecule has 25 heavy (non-hydrogen) atoms. The number of nitrogens with one attached hydrogen (secondary N) is 1. The maximum Gasteiger partial charge on any atom is 0.179 e. The molecule has 3 aromatic rings. The molecule has 0 unspecified atom stereocenters. The van der Waals surface area contributed by atoms with E-state index in [2.05, 4.69) is 69.9 Å². The van der Waals surface area contributed by atoms with E-state index >= 15 is 0 Å². The Kier molecular flexibility index (Phi) is 5.13. The molecule has 0 saturated carbocycles. The third kappa shape index (κ3) is 3.92. The Morgan fingerprint density at radius 3 is 2.88 bits per heavy atom. The van der Waals surface area contributed by atoms with Crippen LogP contribution < -0.4 is 0 Å². The molecule has 0 radical (unpaired) electrons. The summed E-state index contributed by atoms with van der Waals surface area (Å²) in [5.74, 6) is 1.42. The van der Waals surface area contributed by atoms with E-state index < -0.39 is 0 Å². The van der Waals surface area contributed by atoms with Crippen molar-refractivity contribution in [1.29, 1.82) is 0 Å². The lowest BCUT2D eigenvalue weighted by molar-refractivity contribution is 0.197. The van der Waals surface area contributed by atoms with Crippen LogP contribution in [0.2, 0.25) is 5.15 Å². The number of likely N-dealkylation sites (tertiary alicyclic amines) is 1. The number of imidazole rings is 1. The Hall–Kier alpha value is -0.950. The van der Waals surface area contributed by atoms with Crippen LogP contribution >= 0.6 is 43.5 Å². The van der Waals surface area contributed by atoms with E-state index in [9.17, 15) is 0 Å². The summed E-state index contributed by atoms with van der Waals surface area (Å²) in [5, 5.41) is 0.483. The second kappa shape index (κ2) is 7.35. The number of aromatic nitrogens is 3. The molecule has 7 heteroatoms. The number of pyridine rings is 1. The highest BCUT2D eigenvalue weighted by Gasteiger charge is 2.24. The fraction of sp³-hybridized carbons (Fsp3) is 0.333. The minimum Gasteiger partial charge on any atom is -0.340 e. The summed E-state index contributed by atoms with van der Waals surface area (Å²) in [6.07, 6.45) is 2.32. The monoisotopic (exact) mass is 482 g/mol. The Labute approximate surface area is 168 Å². The number of hydrogen-bond donors (Lipinski definition) is 1. The molecular formula is C18H17Br2ClN4. The number of fused-ring (bicyclic) bond motifs is 1. The summed E-state index contributed by atoms with van der Waals surface area (Å²) in [7, 11) is 0. The zero-order valence-electron chi connectivity index (χ0n) is 13.5. The highest BCUT2D eigenvalue weighted by atomic mass is 79.9. The van der Waals surface area contributed by atoms with Crippen molar-refractivity contribution in [3.05, 3.63) is 55.8 Å². The van der Waals surface area contributed by atoms with Gasteiger partial charge >= 0.3 is 0 Å². The van der Waals surface area contributed by atoms with E-state index in [4.69, 9.17) is 11.6 Å². The molecule has 4 rings (SSSR count). The van der Waals surface area contributed by atoms with Gasteiger partial charge in [-0.1, -0.05) is 17.7 Å². The number of piperidine rings is 1. The van der Waals surface area contributed by atoms with Crippen LogP contribution in [-0.4, -0.2) is 32.9 Å². The summed E-state index contributed by atoms with van der Waals surface area (Å²) in [6, 6.07) is 10.2. The van der Waals surface area contributed by atoms with Gasteiger partial charge in [0, 0.05) is 28.0 Å². The number of rotatable bonds is 3. The SMILES string of the molecule is Clc1ccc2[nH]c([C@H]3CCCN(Cc4ccc(Br)c(Br)c4)C3)nc2n1. The predicted molar refractivity (Wildman–Crippen MR) is 108 cm³/mol. The van der Waals surface area contributed by atoms with Gasteiger partial charge in [-0.05, 0) is 81.1 Å². The van der Waals surface area contributed by atoms with E-state index in [0.717, 1.165) is 46.3 Å². The third-order valence-corrected chi connectivity index (χ3v) is 6.70. The summed E-state index contributed by atoms with van der Waals surface area (Å²) in [4.78, 5) is 14.9.